The largest absolute Gasteiger partial charge is 0.355 e. The summed E-state index contributed by atoms with van der Waals surface area (Å²) >= 11 is 0. The maximum absolute atomic E-state index is 12.1. The lowest BCUT2D eigenvalue weighted by Crippen LogP contribution is -2.43. The number of hydrogen-bond donors (Lipinski definition) is 3. The van der Waals surface area contributed by atoms with Crippen LogP contribution in [0.1, 0.15) is 51.4 Å². The molecule has 6 heteroatoms. The van der Waals surface area contributed by atoms with Crippen LogP contribution >= 0.6 is 12.4 Å². The maximum atomic E-state index is 12.1. The molecule has 2 amide bonds. The Morgan fingerprint density at radius 2 is 1.48 bits per heavy atom. The molecule has 0 heterocycles. The van der Waals surface area contributed by atoms with E-state index in [1.54, 1.807) is 0 Å². The quantitative estimate of drug-likeness (QED) is 0.715. The molecule has 0 atom stereocenters. The molecule has 0 spiro atoms. The molecule has 2 saturated carbocycles. The van der Waals surface area contributed by atoms with Crippen LogP contribution in [0.15, 0.2) is 0 Å². The lowest BCUT2D eigenvalue weighted by atomic mass is 9.85. The third kappa shape index (κ3) is 5.47. The number of amides is 2. The fourth-order valence-corrected chi connectivity index (χ4v) is 3.35. The minimum absolute atomic E-state index is 0. The van der Waals surface area contributed by atoms with Crippen LogP contribution in [0, 0.1) is 11.8 Å². The van der Waals surface area contributed by atoms with Gasteiger partial charge >= 0.3 is 0 Å². The first-order valence-corrected chi connectivity index (χ1v) is 7.99. The second kappa shape index (κ2) is 9.26. The Labute approximate surface area is 133 Å². The molecule has 0 aromatic heterocycles. The van der Waals surface area contributed by atoms with Crippen molar-refractivity contribution in [3.8, 4) is 0 Å². The van der Waals surface area contributed by atoms with E-state index in [0.29, 0.717) is 13.1 Å². The molecule has 2 aliphatic carbocycles. The lowest BCUT2D eigenvalue weighted by molar-refractivity contribution is -0.126. The summed E-state index contributed by atoms with van der Waals surface area (Å²) < 4.78 is 0. The second-order valence-electron chi connectivity index (χ2n) is 6.12. The van der Waals surface area contributed by atoms with Gasteiger partial charge in [0.2, 0.25) is 11.8 Å². The molecule has 0 saturated heterocycles. The highest BCUT2D eigenvalue weighted by atomic mass is 35.5. The van der Waals surface area contributed by atoms with Crippen molar-refractivity contribution in [3.63, 3.8) is 0 Å². The normalized spacial score (nSPS) is 26.0. The molecule has 0 radical (unpaired) electrons. The van der Waals surface area contributed by atoms with Crippen LogP contribution in [0.3, 0.4) is 0 Å². The summed E-state index contributed by atoms with van der Waals surface area (Å²) in [5.74, 6) is 0.691. The molecule has 0 unspecified atom stereocenters. The van der Waals surface area contributed by atoms with E-state index in [1.165, 1.54) is 12.8 Å². The zero-order valence-corrected chi connectivity index (χ0v) is 13.4. The average Bonchev–Trinajstić information content (AvgIpc) is 3.00. The molecule has 2 aliphatic rings. The van der Waals surface area contributed by atoms with Crippen molar-refractivity contribution in [1.29, 1.82) is 0 Å². The van der Waals surface area contributed by atoms with Crippen molar-refractivity contribution in [2.75, 3.05) is 13.1 Å². The molecular formula is C15H28ClN3O2. The van der Waals surface area contributed by atoms with Gasteiger partial charge in [-0.1, -0.05) is 12.8 Å². The summed E-state index contributed by atoms with van der Waals surface area (Å²) in [5, 5.41) is 6.02. The lowest BCUT2D eigenvalue weighted by Gasteiger charge is -2.29. The second-order valence-corrected chi connectivity index (χ2v) is 6.12. The molecule has 2 rings (SSSR count). The molecule has 0 bridgehead atoms. The van der Waals surface area contributed by atoms with Gasteiger partial charge < -0.3 is 16.4 Å². The van der Waals surface area contributed by atoms with Gasteiger partial charge in [-0.25, -0.2) is 0 Å². The molecule has 21 heavy (non-hydrogen) atoms. The molecule has 0 aromatic carbocycles. The summed E-state index contributed by atoms with van der Waals surface area (Å²) in [4.78, 5) is 23.9. The van der Waals surface area contributed by atoms with Crippen LogP contribution in [0.4, 0.5) is 0 Å². The van der Waals surface area contributed by atoms with E-state index in [1.807, 2.05) is 0 Å². The molecule has 0 aliphatic heterocycles. The number of nitrogens with two attached hydrogens (primary N) is 1. The summed E-state index contributed by atoms with van der Waals surface area (Å²) in [5.41, 5.74) is 5.38. The third-order valence-corrected chi connectivity index (χ3v) is 4.61. The van der Waals surface area contributed by atoms with Crippen molar-refractivity contribution < 1.29 is 9.59 Å². The van der Waals surface area contributed by atoms with E-state index in [2.05, 4.69) is 10.6 Å². The Kier molecular flexibility index (Phi) is 8.04. The van der Waals surface area contributed by atoms with Gasteiger partial charge in [-0.15, -0.1) is 12.4 Å². The third-order valence-electron chi connectivity index (χ3n) is 4.61. The fraction of sp³-hybridized carbons (Fsp3) is 0.867. The molecule has 5 nitrogen and oxygen atoms in total. The Balaban J connectivity index is 0.00000220. The van der Waals surface area contributed by atoms with E-state index in [0.717, 1.165) is 38.5 Å². The first kappa shape index (κ1) is 18.2. The van der Waals surface area contributed by atoms with Gasteiger partial charge in [-0.2, -0.15) is 0 Å². The zero-order valence-electron chi connectivity index (χ0n) is 12.6. The smallest absolute Gasteiger partial charge is 0.223 e. The molecule has 2 fully saturated rings. The summed E-state index contributed by atoms with van der Waals surface area (Å²) in [6.45, 7) is 1.04. The minimum atomic E-state index is 0. The molecule has 4 N–H and O–H groups in total. The van der Waals surface area contributed by atoms with Crippen LogP contribution in [0.5, 0.6) is 0 Å². The number of rotatable bonds is 5. The Morgan fingerprint density at radius 1 is 0.905 bits per heavy atom. The topological polar surface area (TPSA) is 84.2 Å². The maximum Gasteiger partial charge on any atom is 0.223 e. The van der Waals surface area contributed by atoms with Crippen LogP contribution in [0.2, 0.25) is 0 Å². The number of halogens is 1. The first-order chi connectivity index (χ1) is 9.70. The Bertz CT molecular complexity index is 338. The van der Waals surface area contributed by atoms with E-state index < -0.39 is 0 Å². The van der Waals surface area contributed by atoms with Gasteiger partial charge in [0.15, 0.2) is 0 Å². The van der Waals surface area contributed by atoms with E-state index in [4.69, 9.17) is 5.73 Å². The van der Waals surface area contributed by atoms with Crippen molar-refractivity contribution in [1.82, 2.24) is 10.6 Å². The standard InChI is InChI=1S/C15H27N3O2.ClH/c16-9-10-17-14(19)12-5-7-13(8-6-12)18-15(20)11-3-1-2-4-11;/h11-13H,1-10,16H2,(H,17,19)(H,18,20);1H. The molecular weight excluding hydrogens is 290 g/mol. The first-order valence-electron chi connectivity index (χ1n) is 7.99. The highest BCUT2D eigenvalue weighted by Gasteiger charge is 2.29. The summed E-state index contributed by atoms with van der Waals surface area (Å²) in [7, 11) is 0. The van der Waals surface area contributed by atoms with Crippen LogP contribution in [0.25, 0.3) is 0 Å². The van der Waals surface area contributed by atoms with Gasteiger partial charge in [-0.3, -0.25) is 9.59 Å². The number of hydrogen-bond acceptors (Lipinski definition) is 3. The number of nitrogens with one attached hydrogen (secondary N) is 2. The SMILES string of the molecule is Cl.NCCNC(=O)C1CCC(NC(=O)C2CCCC2)CC1. The average molecular weight is 318 g/mol. The van der Waals surface area contributed by atoms with Crippen LogP contribution < -0.4 is 16.4 Å². The van der Waals surface area contributed by atoms with Gasteiger partial charge in [0.05, 0.1) is 0 Å². The van der Waals surface area contributed by atoms with Gasteiger partial charge in [0, 0.05) is 31.0 Å². The monoisotopic (exact) mass is 317 g/mol. The minimum Gasteiger partial charge on any atom is -0.355 e. The van der Waals surface area contributed by atoms with Crippen molar-refractivity contribution >= 4 is 24.2 Å². The number of carbonyl (C=O) groups is 2. The van der Waals surface area contributed by atoms with Gasteiger partial charge in [-0.05, 0) is 38.5 Å². The Morgan fingerprint density at radius 3 is 2.05 bits per heavy atom. The highest BCUT2D eigenvalue weighted by molar-refractivity contribution is 5.85. The summed E-state index contributed by atoms with van der Waals surface area (Å²) in [6.07, 6.45) is 8.03. The van der Waals surface area contributed by atoms with Crippen molar-refractivity contribution in [2.45, 2.75) is 57.4 Å². The van der Waals surface area contributed by atoms with E-state index >= 15 is 0 Å². The van der Waals surface area contributed by atoms with Gasteiger partial charge in [0.25, 0.3) is 0 Å². The van der Waals surface area contributed by atoms with Crippen molar-refractivity contribution in [2.24, 2.45) is 17.6 Å². The predicted octanol–water partition coefficient (Wildman–Crippen LogP) is 1.35. The van der Waals surface area contributed by atoms with Crippen molar-refractivity contribution in [3.05, 3.63) is 0 Å². The molecule has 0 aromatic rings. The summed E-state index contributed by atoms with van der Waals surface area (Å²) in [6, 6.07) is 0.265. The highest BCUT2D eigenvalue weighted by Crippen LogP contribution is 2.27. The fourth-order valence-electron chi connectivity index (χ4n) is 3.35. The zero-order chi connectivity index (χ0) is 14.4. The van der Waals surface area contributed by atoms with Crippen LogP contribution in [-0.4, -0.2) is 30.9 Å². The molecule has 122 valence electrons. The predicted molar refractivity (Wildman–Crippen MR) is 85.2 cm³/mol. The van der Waals surface area contributed by atoms with Gasteiger partial charge in [0.1, 0.15) is 0 Å². The Hall–Kier alpha value is -0.810. The van der Waals surface area contributed by atoms with E-state index in [-0.39, 0.29) is 42.1 Å². The van der Waals surface area contributed by atoms with E-state index in [9.17, 15) is 9.59 Å². The van der Waals surface area contributed by atoms with Crippen LogP contribution in [-0.2, 0) is 9.59 Å². The number of carbonyl (C=O) groups excluding carboxylic acids is 2.